The van der Waals surface area contributed by atoms with Crippen LogP contribution in [0.3, 0.4) is 0 Å². The quantitative estimate of drug-likeness (QED) is 0.761. The van der Waals surface area contributed by atoms with E-state index in [1.165, 1.54) is 0 Å². The van der Waals surface area contributed by atoms with E-state index in [0.717, 1.165) is 45.6 Å². The standard InChI is InChI=1S/C16H15N5S/c1-10-9-12-14(18-10)19-13(11-5-3-2-4-6-11)20-15(12)21-16-17-7-8-22-16/h2-6,9H,7-8H2,1H3,(H2,17,18,19,20,21). The number of hydrogen-bond donors (Lipinski definition) is 2. The molecule has 1 aliphatic heterocycles. The summed E-state index contributed by atoms with van der Waals surface area (Å²) in [7, 11) is 0. The SMILES string of the molecule is Cc1cc2c(NC3=NCCS3)nc(-c3ccccc3)nc2[nH]1. The van der Waals surface area contributed by atoms with Crippen LogP contribution >= 0.6 is 11.8 Å². The average molecular weight is 309 g/mol. The number of hydrogen-bond acceptors (Lipinski definition) is 5. The first kappa shape index (κ1) is 13.3. The van der Waals surface area contributed by atoms with Crippen LogP contribution in [-0.2, 0) is 0 Å². The summed E-state index contributed by atoms with van der Waals surface area (Å²) in [5.41, 5.74) is 2.91. The van der Waals surface area contributed by atoms with Gasteiger partial charge in [0, 0.05) is 17.0 Å². The van der Waals surface area contributed by atoms with Crippen molar-refractivity contribution >= 4 is 33.8 Å². The molecule has 2 aromatic heterocycles. The molecule has 0 radical (unpaired) electrons. The van der Waals surface area contributed by atoms with E-state index in [9.17, 15) is 0 Å². The van der Waals surface area contributed by atoms with Gasteiger partial charge in [0.15, 0.2) is 11.0 Å². The Morgan fingerprint density at radius 1 is 1.18 bits per heavy atom. The van der Waals surface area contributed by atoms with Gasteiger partial charge in [-0.25, -0.2) is 9.97 Å². The van der Waals surface area contributed by atoms with E-state index < -0.39 is 0 Å². The first-order chi connectivity index (χ1) is 10.8. The maximum atomic E-state index is 4.71. The van der Waals surface area contributed by atoms with Gasteiger partial charge in [-0.1, -0.05) is 42.1 Å². The molecular formula is C16H15N5S. The molecule has 0 atom stereocenters. The zero-order valence-corrected chi connectivity index (χ0v) is 12.9. The highest BCUT2D eigenvalue weighted by Gasteiger charge is 2.14. The molecule has 0 aliphatic carbocycles. The fourth-order valence-electron chi connectivity index (χ4n) is 2.46. The summed E-state index contributed by atoms with van der Waals surface area (Å²) in [5, 5.41) is 5.27. The predicted octanol–water partition coefficient (Wildman–Crippen LogP) is 3.45. The highest BCUT2D eigenvalue weighted by atomic mass is 32.2. The fraction of sp³-hybridized carbons (Fsp3) is 0.188. The number of amidine groups is 1. The van der Waals surface area contributed by atoms with Crippen molar-refractivity contribution in [2.24, 2.45) is 4.99 Å². The largest absolute Gasteiger partial charge is 0.343 e. The van der Waals surface area contributed by atoms with Crippen LogP contribution in [0.1, 0.15) is 5.69 Å². The van der Waals surface area contributed by atoms with Crippen molar-refractivity contribution in [3.63, 3.8) is 0 Å². The lowest BCUT2D eigenvalue weighted by Crippen LogP contribution is -2.08. The van der Waals surface area contributed by atoms with Crippen LogP contribution in [0.5, 0.6) is 0 Å². The Balaban J connectivity index is 1.85. The van der Waals surface area contributed by atoms with E-state index in [-0.39, 0.29) is 0 Å². The molecule has 0 spiro atoms. The van der Waals surface area contributed by atoms with Crippen LogP contribution in [-0.4, -0.2) is 32.4 Å². The summed E-state index contributed by atoms with van der Waals surface area (Å²) in [6.45, 7) is 2.88. The Morgan fingerprint density at radius 3 is 2.82 bits per heavy atom. The van der Waals surface area contributed by atoms with Gasteiger partial charge >= 0.3 is 0 Å². The van der Waals surface area contributed by atoms with Crippen LogP contribution in [0.4, 0.5) is 5.82 Å². The number of aromatic nitrogens is 3. The van der Waals surface area contributed by atoms with Gasteiger partial charge in [-0.2, -0.15) is 0 Å². The summed E-state index contributed by atoms with van der Waals surface area (Å²) in [6, 6.07) is 12.1. The minimum Gasteiger partial charge on any atom is -0.343 e. The summed E-state index contributed by atoms with van der Waals surface area (Å²) in [6.07, 6.45) is 0. The van der Waals surface area contributed by atoms with Crippen LogP contribution in [0.2, 0.25) is 0 Å². The monoisotopic (exact) mass is 309 g/mol. The molecule has 0 bridgehead atoms. The smallest absolute Gasteiger partial charge is 0.163 e. The van der Waals surface area contributed by atoms with Crippen molar-refractivity contribution in [1.82, 2.24) is 15.0 Å². The number of aliphatic imine (C=N–C) groups is 1. The third kappa shape index (κ3) is 2.46. The van der Waals surface area contributed by atoms with Gasteiger partial charge < -0.3 is 10.3 Å². The molecule has 2 N–H and O–H groups in total. The molecule has 110 valence electrons. The van der Waals surface area contributed by atoms with Gasteiger partial charge in [0.05, 0.1) is 11.9 Å². The van der Waals surface area contributed by atoms with Gasteiger partial charge in [-0.05, 0) is 13.0 Å². The molecule has 0 fully saturated rings. The number of anilines is 1. The summed E-state index contributed by atoms with van der Waals surface area (Å²) < 4.78 is 0. The number of aromatic amines is 1. The summed E-state index contributed by atoms with van der Waals surface area (Å²) in [5.74, 6) is 2.54. The Hall–Kier alpha value is -2.34. The summed E-state index contributed by atoms with van der Waals surface area (Å²) >= 11 is 1.72. The maximum Gasteiger partial charge on any atom is 0.163 e. The number of benzene rings is 1. The number of nitrogens with one attached hydrogen (secondary N) is 2. The van der Waals surface area contributed by atoms with E-state index in [1.54, 1.807) is 11.8 Å². The van der Waals surface area contributed by atoms with Crippen LogP contribution in [0, 0.1) is 6.92 Å². The highest BCUT2D eigenvalue weighted by Crippen LogP contribution is 2.27. The zero-order valence-electron chi connectivity index (χ0n) is 12.1. The topological polar surface area (TPSA) is 66.0 Å². The number of thioether (sulfide) groups is 1. The molecule has 22 heavy (non-hydrogen) atoms. The Labute approximate surface area is 132 Å². The lowest BCUT2D eigenvalue weighted by Gasteiger charge is -2.08. The predicted molar refractivity (Wildman–Crippen MR) is 92.4 cm³/mol. The van der Waals surface area contributed by atoms with Crippen molar-refractivity contribution in [3.05, 3.63) is 42.1 Å². The molecule has 1 aromatic carbocycles. The van der Waals surface area contributed by atoms with E-state index in [1.807, 2.05) is 37.3 Å². The Kier molecular flexibility index (Phi) is 3.31. The molecule has 1 aliphatic rings. The average Bonchev–Trinajstić information content (AvgIpc) is 3.16. The molecule has 0 amide bonds. The molecule has 3 heterocycles. The van der Waals surface area contributed by atoms with Crippen LogP contribution < -0.4 is 5.32 Å². The van der Waals surface area contributed by atoms with E-state index in [0.29, 0.717) is 5.82 Å². The Morgan fingerprint density at radius 2 is 2.05 bits per heavy atom. The first-order valence-electron chi connectivity index (χ1n) is 7.17. The molecule has 4 rings (SSSR count). The van der Waals surface area contributed by atoms with Crippen molar-refractivity contribution in [1.29, 1.82) is 0 Å². The summed E-state index contributed by atoms with van der Waals surface area (Å²) in [4.78, 5) is 17.1. The van der Waals surface area contributed by atoms with E-state index >= 15 is 0 Å². The fourth-order valence-corrected chi connectivity index (χ4v) is 3.19. The molecule has 6 heteroatoms. The second kappa shape index (κ2) is 5.46. The third-order valence-corrected chi connectivity index (χ3v) is 4.36. The normalized spacial score (nSPS) is 14.3. The van der Waals surface area contributed by atoms with E-state index in [2.05, 4.69) is 26.3 Å². The lowest BCUT2D eigenvalue weighted by molar-refractivity contribution is 1.17. The zero-order chi connectivity index (χ0) is 14.9. The molecule has 0 saturated heterocycles. The molecule has 5 nitrogen and oxygen atoms in total. The molecular weight excluding hydrogens is 294 g/mol. The van der Waals surface area contributed by atoms with Gasteiger partial charge in [0.25, 0.3) is 0 Å². The van der Waals surface area contributed by atoms with E-state index in [4.69, 9.17) is 4.98 Å². The van der Waals surface area contributed by atoms with Gasteiger partial charge in [0.1, 0.15) is 11.5 Å². The Bertz CT molecular complexity index is 854. The number of fused-ring (bicyclic) bond motifs is 1. The molecule has 0 unspecified atom stereocenters. The van der Waals surface area contributed by atoms with Crippen LogP contribution in [0.25, 0.3) is 22.4 Å². The second-order valence-corrected chi connectivity index (χ2v) is 6.22. The minimum atomic E-state index is 0.709. The molecule has 0 saturated carbocycles. The second-order valence-electron chi connectivity index (χ2n) is 5.14. The number of H-pyrrole nitrogens is 1. The minimum absolute atomic E-state index is 0.709. The number of nitrogens with zero attached hydrogens (tertiary/aromatic N) is 3. The van der Waals surface area contributed by atoms with Gasteiger partial charge in [0.2, 0.25) is 0 Å². The first-order valence-corrected chi connectivity index (χ1v) is 8.15. The van der Waals surface area contributed by atoms with Crippen molar-refractivity contribution in [2.75, 3.05) is 17.6 Å². The van der Waals surface area contributed by atoms with Gasteiger partial charge in [-0.15, -0.1) is 0 Å². The lowest BCUT2D eigenvalue weighted by atomic mass is 10.2. The van der Waals surface area contributed by atoms with Gasteiger partial charge in [-0.3, -0.25) is 4.99 Å². The van der Waals surface area contributed by atoms with Crippen molar-refractivity contribution in [2.45, 2.75) is 6.92 Å². The third-order valence-electron chi connectivity index (χ3n) is 3.46. The van der Waals surface area contributed by atoms with Crippen molar-refractivity contribution in [3.8, 4) is 11.4 Å². The van der Waals surface area contributed by atoms with Crippen molar-refractivity contribution < 1.29 is 0 Å². The number of rotatable bonds is 2. The molecule has 3 aromatic rings. The maximum absolute atomic E-state index is 4.71. The van der Waals surface area contributed by atoms with Crippen LogP contribution in [0.15, 0.2) is 41.4 Å². The number of aryl methyl sites for hydroxylation is 1. The highest BCUT2D eigenvalue weighted by molar-refractivity contribution is 8.14.